The monoisotopic (exact) mass is 484 g/mol. The van der Waals surface area contributed by atoms with Crippen LogP contribution in [0.5, 0.6) is 5.75 Å². The first-order chi connectivity index (χ1) is 16.3. The van der Waals surface area contributed by atoms with E-state index in [0.717, 1.165) is 75.0 Å². The molecule has 2 aliphatic heterocycles. The van der Waals surface area contributed by atoms with Gasteiger partial charge in [0.25, 0.3) is 0 Å². The van der Waals surface area contributed by atoms with Crippen molar-refractivity contribution in [2.24, 2.45) is 5.41 Å². The first-order valence-electron chi connectivity index (χ1n) is 12.3. The van der Waals surface area contributed by atoms with Gasteiger partial charge >= 0.3 is 0 Å². The zero-order chi connectivity index (χ0) is 24.1. The first kappa shape index (κ1) is 25.0. The number of hydrogen-bond acceptors (Lipinski definition) is 5. The molecule has 1 atom stereocenters. The summed E-state index contributed by atoms with van der Waals surface area (Å²) in [7, 11) is 2.12. The second-order valence-corrected chi connectivity index (χ2v) is 10.7. The maximum Gasteiger partial charge on any atom is 0.223 e. The third kappa shape index (κ3) is 6.49. The summed E-state index contributed by atoms with van der Waals surface area (Å²) >= 11 is 6.21. The summed E-state index contributed by atoms with van der Waals surface area (Å²) in [6.45, 7) is 10.8. The summed E-state index contributed by atoms with van der Waals surface area (Å²) in [5.74, 6) is 1.07. The molecule has 2 saturated heterocycles. The van der Waals surface area contributed by atoms with Crippen molar-refractivity contribution >= 4 is 17.5 Å². The summed E-state index contributed by atoms with van der Waals surface area (Å²) < 4.78 is 6.33. The number of carbonyl (C=O) groups is 1. The zero-order valence-electron chi connectivity index (χ0n) is 20.7. The summed E-state index contributed by atoms with van der Waals surface area (Å²) in [4.78, 5) is 24.6. The number of likely N-dealkylation sites (tertiary alicyclic amines) is 1. The maximum absolute atomic E-state index is 13.4. The molecule has 184 valence electrons. The Kier molecular flexibility index (Phi) is 8.12. The number of carbonyl (C=O) groups excluding carboxylic acids is 1. The summed E-state index contributed by atoms with van der Waals surface area (Å²) in [5, 5.41) is 0.739. The largest absolute Gasteiger partial charge is 0.493 e. The number of ether oxygens (including phenoxy) is 1. The average Bonchev–Trinajstić information content (AvgIpc) is 2.80. The second-order valence-electron chi connectivity index (χ2n) is 10.2. The van der Waals surface area contributed by atoms with Crippen molar-refractivity contribution in [1.82, 2.24) is 19.7 Å². The number of nitrogens with zero attached hydrogens (tertiary/aromatic N) is 4. The molecule has 0 radical (unpaired) electrons. The van der Waals surface area contributed by atoms with Gasteiger partial charge in [0.15, 0.2) is 0 Å². The van der Waals surface area contributed by atoms with Crippen LogP contribution in [0.25, 0.3) is 0 Å². The lowest BCUT2D eigenvalue weighted by Gasteiger charge is -2.43. The van der Waals surface area contributed by atoms with Gasteiger partial charge in [-0.1, -0.05) is 17.7 Å². The Bertz CT molecular complexity index is 992. The lowest BCUT2D eigenvalue weighted by atomic mass is 9.77. The Labute approximate surface area is 208 Å². The highest BCUT2D eigenvalue weighted by Gasteiger charge is 2.40. The van der Waals surface area contributed by atoms with E-state index in [-0.39, 0.29) is 11.3 Å². The second kappa shape index (κ2) is 11.1. The number of piperazine rings is 1. The highest BCUT2D eigenvalue weighted by molar-refractivity contribution is 6.31. The number of pyridine rings is 1. The van der Waals surface area contributed by atoms with Gasteiger partial charge in [-0.2, -0.15) is 0 Å². The first-order valence-corrected chi connectivity index (χ1v) is 12.7. The van der Waals surface area contributed by atoms with Crippen LogP contribution in [0.15, 0.2) is 36.7 Å². The van der Waals surface area contributed by atoms with E-state index in [0.29, 0.717) is 13.0 Å². The molecule has 2 aromatic rings. The molecule has 0 spiro atoms. The van der Waals surface area contributed by atoms with Crippen LogP contribution in [0.1, 0.15) is 36.0 Å². The molecule has 2 aliphatic rings. The minimum absolute atomic E-state index is 0.219. The number of rotatable bonds is 7. The molecule has 7 heteroatoms. The van der Waals surface area contributed by atoms with Gasteiger partial charge in [0, 0.05) is 68.5 Å². The quantitative estimate of drug-likeness (QED) is 0.590. The van der Waals surface area contributed by atoms with Gasteiger partial charge in [0.1, 0.15) is 5.75 Å². The van der Waals surface area contributed by atoms with Gasteiger partial charge < -0.3 is 14.5 Å². The predicted molar refractivity (Wildman–Crippen MR) is 136 cm³/mol. The molecule has 0 N–H and O–H groups in total. The van der Waals surface area contributed by atoms with Gasteiger partial charge in [-0.05, 0) is 75.2 Å². The summed E-state index contributed by atoms with van der Waals surface area (Å²) in [5.41, 5.74) is 3.17. The molecule has 0 saturated carbocycles. The third-order valence-electron chi connectivity index (χ3n) is 7.13. The van der Waals surface area contributed by atoms with Crippen molar-refractivity contribution in [3.63, 3.8) is 0 Å². The van der Waals surface area contributed by atoms with Crippen molar-refractivity contribution in [2.75, 3.05) is 52.9 Å². The van der Waals surface area contributed by atoms with E-state index in [2.05, 4.69) is 34.8 Å². The highest BCUT2D eigenvalue weighted by Crippen LogP contribution is 2.36. The van der Waals surface area contributed by atoms with Crippen LogP contribution >= 0.6 is 11.6 Å². The van der Waals surface area contributed by atoms with E-state index in [1.165, 1.54) is 11.1 Å². The van der Waals surface area contributed by atoms with Crippen LogP contribution in [-0.2, 0) is 11.3 Å². The standard InChI is InChI=1S/C27H37ClN4O2/c1-21-13-23(17-29-16-21)18-31-8-4-7-27(19-31,15-26(33)32-11-9-30(3)10-12-32)20-34-24-5-6-25(28)22(2)14-24/h5-6,13-14,16-17H,4,7-12,15,18-20H2,1-3H3. The van der Waals surface area contributed by atoms with E-state index in [9.17, 15) is 4.79 Å². The number of amides is 1. The summed E-state index contributed by atoms with van der Waals surface area (Å²) in [6.07, 6.45) is 6.40. The molecule has 1 aromatic heterocycles. The number of benzene rings is 1. The van der Waals surface area contributed by atoms with Crippen LogP contribution in [0.2, 0.25) is 5.02 Å². The molecular formula is C27H37ClN4O2. The van der Waals surface area contributed by atoms with Crippen molar-refractivity contribution in [3.8, 4) is 5.75 Å². The van der Waals surface area contributed by atoms with Gasteiger partial charge in [-0.15, -0.1) is 0 Å². The van der Waals surface area contributed by atoms with Crippen LogP contribution in [0, 0.1) is 19.3 Å². The number of piperidine rings is 1. The van der Waals surface area contributed by atoms with Gasteiger partial charge in [-0.25, -0.2) is 0 Å². The molecule has 1 aromatic carbocycles. The highest BCUT2D eigenvalue weighted by atomic mass is 35.5. The van der Waals surface area contributed by atoms with Crippen molar-refractivity contribution < 1.29 is 9.53 Å². The molecule has 1 amide bonds. The van der Waals surface area contributed by atoms with E-state index >= 15 is 0 Å². The Hall–Kier alpha value is -2.15. The molecular weight excluding hydrogens is 448 g/mol. The third-order valence-corrected chi connectivity index (χ3v) is 7.56. The number of likely N-dealkylation sites (N-methyl/N-ethyl adjacent to an activating group) is 1. The molecule has 34 heavy (non-hydrogen) atoms. The predicted octanol–water partition coefficient (Wildman–Crippen LogP) is 4.18. The molecule has 4 rings (SSSR count). The van der Waals surface area contributed by atoms with Crippen LogP contribution < -0.4 is 4.74 Å². The lowest BCUT2D eigenvalue weighted by Crippen LogP contribution is -2.52. The average molecular weight is 485 g/mol. The smallest absolute Gasteiger partial charge is 0.223 e. The molecule has 0 aliphatic carbocycles. The van der Waals surface area contributed by atoms with Crippen molar-refractivity contribution in [2.45, 2.75) is 39.7 Å². The number of aromatic nitrogens is 1. The Morgan fingerprint density at radius 1 is 1.12 bits per heavy atom. The van der Waals surface area contributed by atoms with Crippen LogP contribution in [-0.4, -0.2) is 78.5 Å². The van der Waals surface area contributed by atoms with Gasteiger partial charge in [0.2, 0.25) is 5.91 Å². The molecule has 2 fully saturated rings. The Morgan fingerprint density at radius 2 is 1.91 bits per heavy atom. The fourth-order valence-corrected chi connectivity index (χ4v) is 5.27. The fraction of sp³-hybridized carbons (Fsp3) is 0.556. The van der Waals surface area contributed by atoms with Crippen molar-refractivity contribution in [1.29, 1.82) is 0 Å². The number of hydrogen-bond donors (Lipinski definition) is 0. The van der Waals surface area contributed by atoms with Crippen LogP contribution in [0.4, 0.5) is 0 Å². The fourth-order valence-electron chi connectivity index (χ4n) is 5.15. The van der Waals surface area contributed by atoms with E-state index in [1.54, 1.807) is 0 Å². The lowest BCUT2D eigenvalue weighted by molar-refractivity contribution is -0.137. The molecule has 6 nitrogen and oxygen atoms in total. The van der Waals surface area contributed by atoms with Crippen LogP contribution in [0.3, 0.4) is 0 Å². The normalized spacial score (nSPS) is 22.1. The zero-order valence-corrected chi connectivity index (χ0v) is 21.5. The van der Waals surface area contributed by atoms with Gasteiger partial charge in [-0.3, -0.25) is 14.7 Å². The Balaban J connectivity index is 1.49. The molecule has 3 heterocycles. The topological polar surface area (TPSA) is 48.9 Å². The maximum atomic E-state index is 13.4. The van der Waals surface area contributed by atoms with E-state index < -0.39 is 0 Å². The van der Waals surface area contributed by atoms with E-state index in [4.69, 9.17) is 16.3 Å². The molecule has 0 bridgehead atoms. The van der Waals surface area contributed by atoms with Gasteiger partial charge in [0.05, 0.1) is 6.61 Å². The SMILES string of the molecule is Cc1cncc(CN2CCCC(COc3ccc(Cl)c(C)c3)(CC(=O)N3CCN(C)CC3)C2)c1. The van der Waals surface area contributed by atoms with E-state index in [1.807, 2.05) is 42.4 Å². The number of halogens is 1. The minimum atomic E-state index is -0.219. The number of aryl methyl sites for hydroxylation is 2. The minimum Gasteiger partial charge on any atom is -0.493 e. The Morgan fingerprint density at radius 3 is 2.65 bits per heavy atom. The summed E-state index contributed by atoms with van der Waals surface area (Å²) in [6, 6.07) is 7.99. The van der Waals surface area contributed by atoms with Crippen molar-refractivity contribution in [3.05, 3.63) is 58.4 Å². The molecule has 1 unspecified atom stereocenters.